The van der Waals surface area contributed by atoms with E-state index >= 15 is 0 Å². The predicted molar refractivity (Wildman–Crippen MR) is 119 cm³/mol. The molecular weight excluding hydrogens is 355 g/mol. The summed E-state index contributed by atoms with van der Waals surface area (Å²) in [6, 6.07) is 0. The van der Waals surface area contributed by atoms with Gasteiger partial charge in [-0.05, 0) is 0 Å². The maximum atomic E-state index is 4.82. The Morgan fingerprint density at radius 3 is 1.12 bits per heavy atom. The van der Waals surface area contributed by atoms with E-state index < -0.39 is 16.5 Å². The number of quaternary nitrogens is 3. The van der Waals surface area contributed by atoms with Crippen LogP contribution in [0.5, 0.6) is 0 Å². The van der Waals surface area contributed by atoms with Gasteiger partial charge in [-0.15, -0.1) is 0 Å². The maximum Gasteiger partial charge on any atom is 2.00 e. The summed E-state index contributed by atoms with van der Waals surface area (Å²) >= 11 is 0. The van der Waals surface area contributed by atoms with Gasteiger partial charge in [0.05, 0.1) is 34.2 Å². The summed E-state index contributed by atoms with van der Waals surface area (Å²) in [5.41, 5.74) is 0. The third-order valence-corrected chi connectivity index (χ3v) is 9.39. The molecule has 3 N–H and O–H groups in total. The van der Waals surface area contributed by atoms with Gasteiger partial charge in [0.15, 0.2) is 0 Å². The minimum absolute atomic E-state index is 0. The van der Waals surface area contributed by atoms with Crippen molar-refractivity contribution in [2.45, 2.75) is 39.3 Å². The summed E-state index contributed by atoms with van der Waals surface area (Å²) in [4.78, 5) is 4.92. The summed E-state index contributed by atoms with van der Waals surface area (Å²) in [6.07, 6.45) is 0. The second-order valence-electron chi connectivity index (χ2n) is 9.50. The Morgan fingerprint density at radius 2 is 0.880 bits per heavy atom. The standard InChI is InChI=1S/C11H25N4.C6H18NSi2.Mg/c1-13-6-4-12-5-7-14(2)9-11-15(3)10-8-13;1-8(2,3)7-9(4,5)6;/h4-11H2,1-3H3;1-6H3;/q2*-1;+2/p+3. The molecule has 0 aliphatic carbocycles. The third kappa shape index (κ3) is 21.2. The number of nitrogens with zero attached hydrogens (tertiary/aromatic N) is 2. The van der Waals surface area contributed by atoms with E-state index in [2.05, 4.69) is 65.7 Å². The second-order valence-corrected chi connectivity index (χ2v) is 19.1. The fourth-order valence-electron chi connectivity index (χ4n) is 2.89. The molecule has 0 aromatic carbocycles. The molecule has 0 amide bonds. The van der Waals surface area contributed by atoms with Crippen molar-refractivity contribution in [1.29, 1.82) is 0 Å². The van der Waals surface area contributed by atoms with E-state index in [1.807, 2.05) is 0 Å². The van der Waals surface area contributed by atoms with Gasteiger partial charge in [0, 0.05) is 0 Å². The molecule has 2 atom stereocenters. The van der Waals surface area contributed by atoms with Crippen LogP contribution in [0.15, 0.2) is 0 Å². The van der Waals surface area contributed by atoms with Crippen LogP contribution in [0.4, 0.5) is 0 Å². The van der Waals surface area contributed by atoms with E-state index in [-0.39, 0.29) is 23.1 Å². The van der Waals surface area contributed by atoms with Crippen molar-refractivity contribution in [2.24, 2.45) is 0 Å². The molecule has 0 bridgehead atoms. The van der Waals surface area contributed by atoms with E-state index in [1.165, 1.54) is 39.3 Å². The summed E-state index contributed by atoms with van der Waals surface area (Å²) in [5, 5.41) is 4.58. The first-order chi connectivity index (χ1) is 10.9. The Hall–Kier alpha value is 1.00. The van der Waals surface area contributed by atoms with Crippen LogP contribution in [0.2, 0.25) is 39.3 Å². The third-order valence-electron chi connectivity index (χ3n) is 4.02. The fourth-order valence-corrected chi connectivity index (χ4v) is 10.9. The van der Waals surface area contributed by atoms with Crippen molar-refractivity contribution in [3.05, 3.63) is 9.96 Å². The summed E-state index contributed by atoms with van der Waals surface area (Å²) in [7, 11) is 4.67. The average molecular weight is 401 g/mol. The van der Waals surface area contributed by atoms with Crippen LogP contribution in [0.25, 0.3) is 9.96 Å². The average Bonchev–Trinajstić information content (AvgIpc) is 2.38. The molecule has 0 spiro atoms. The normalized spacial score (nSPS) is 27.0. The van der Waals surface area contributed by atoms with Crippen molar-refractivity contribution in [1.82, 2.24) is 0 Å². The summed E-state index contributed by atoms with van der Waals surface area (Å²) in [6.45, 7) is 23.4. The van der Waals surface area contributed by atoms with Crippen molar-refractivity contribution in [3.63, 3.8) is 0 Å². The van der Waals surface area contributed by atoms with E-state index in [9.17, 15) is 0 Å². The van der Waals surface area contributed by atoms with Gasteiger partial charge in [-0.2, -0.15) is 0 Å². The van der Waals surface area contributed by atoms with Gasteiger partial charge < -0.3 is 24.7 Å². The molecule has 0 aromatic heterocycles. The van der Waals surface area contributed by atoms with Crippen molar-refractivity contribution >= 4 is 39.5 Å². The number of likely N-dealkylation sites (N-methyl/N-ethyl adjacent to an activating group) is 3. The molecule has 1 saturated heterocycles. The van der Waals surface area contributed by atoms with E-state index in [1.54, 1.807) is 14.7 Å². The van der Waals surface area contributed by atoms with Crippen LogP contribution in [0.3, 0.4) is 0 Å². The molecule has 2 unspecified atom stereocenters. The quantitative estimate of drug-likeness (QED) is 0.476. The summed E-state index contributed by atoms with van der Waals surface area (Å²) < 4.78 is 4.82. The molecule has 1 heterocycles. The number of nitrogens with one attached hydrogen (secondary N) is 3. The van der Waals surface area contributed by atoms with E-state index in [0.29, 0.717) is 0 Å². The first-order valence-corrected chi connectivity index (χ1v) is 16.6. The Labute approximate surface area is 176 Å². The number of hydrogen-bond donors (Lipinski definition) is 3. The zero-order valence-electron chi connectivity index (χ0n) is 18.8. The monoisotopic (exact) mass is 400 g/mol. The number of hydrogen-bond acceptors (Lipinski definition) is 0. The maximum absolute atomic E-state index is 4.82. The molecular formula is C17H46MgN5Si2+3. The molecule has 8 heteroatoms. The van der Waals surface area contributed by atoms with Crippen molar-refractivity contribution < 1.29 is 14.7 Å². The van der Waals surface area contributed by atoms with Crippen LogP contribution in [-0.2, 0) is 0 Å². The van der Waals surface area contributed by atoms with Crippen molar-refractivity contribution in [2.75, 3.05) is 73.5 Å². The predicted octanol–water partition coefficient (Wildman–Crippen LogP) is -1.43. The number of rotatable bonds is 2. The topological polar surface area (TPSA) is 41.5 Å². The SMILES string of the molecule is C[NH+]1CC[N-]CC[NH+](C)CC[NH+](C)CC1.C[Si](C)(C)[N-][Si](C)(C)C.[Mg+2]. The van der Waals surface area contributed by atoms with Crippen molar-refractivity contribution in [3.8, 4) is 0 Å². The first kappa shape index (κ1) is 28.2. The zero-order valence-corrected chi connectivity index (χ0v) is 22.2. The Bertz CT molecular complexity index is 293. The summed E-state index contributed by atoms with van der Waals surface area (Å²) in [5.74, 6) is 0. The molecule has 1 fully saturated rings. The van der Waals surface area contributed by atoms with Gasteiger partial charge in [0.1, 0.15) is 26.2 Å². The van der Waals surface area contributed by atoms with Crippen LogP contribution in [0, 0.1) is 0 Å². The Morgan fingerprint density at radius 1 is 0.600 bits per heavy atom. The second kappa shape index (κ2) is 14.1. The first-order valence-electron chi connectivity index (χ1n) is 9.70. The van der Waals surface area contributed by atoms with E-state index in [4.69, 9.17) is 4.65 Å². The minimum atomic E-state index is -1.11. The molecule has 0 saturated carbocycles. The van der Waals surface area contributed by atoms with Crippen LogP contribution in [-0.4, -0.2) is 113 Å². The smallest absolute Gasteiger partial charge is 0.668 e. The van der Waals surface area contributed by atoms with E-state index in [0.717, 1.165) is 13.1 Å². The molecule has 0 aromatic rings. The molecule has 1 aliphatic heterocycles. The zero-order chi connectivity index (χ0) is 18.8. The largest absolute Gasteiger partial charge is 2.00 e. The van der Waals surface area contributed by atoms with Gasteiger partial charge in [-0.25, -0.2) is 0 Å². The van der Waals surface area contributed by atoms with Crippen LogP contribution < -0.4 is 14.7 Å². The Balaban J connectivity index is 0. The van der Waals surface area contributed by atoms with Gasteiger partial charge >= 0.3 is 23.1 Å². The van der Waals surface area contributed by atoms with Gasteiger partial charge in [-0.1, -0.05) is 68.8 Å². The molecule has 1 rings (SSSR count). The Kier molecular flexibility index (Phi) is 15.9. The van der Waals surface area contributed by atoms with Gasteiger partial charge in [0.2, 0.25) is 0 Å². The fraction of sp³-hybridized carbons (Fsp3) is 1.00. The molecule has 5 nitrogen and oxygen atoms in total. The van der Waals surface area contributed by atoms with Crippen LogP contribution in [0.1, 0.15) is 0 Å². The van der Waals surface area contributed by atoms with Crippen LogP contribution >= 0.6 is 0 Å². The molecule has 1 aliphatic rings. The van der Waals surface area contributed by atoms with Gasteiger partial charge in [0.25, 0.3) is 0 Å². The minimum Gasteiger partial charge on any atom is -0.668 e. The molecule has 0 radical (unpaired) electrons. The molecule has 146 valence electrons. The molecule has 25 heavy (non-hydrogen) atoms. The van der Waals surface area contributed by atoms with Gasteiger partial charge in [-0.3, -0.25) is 0 Å².